The van der Waals surface area contributed by atoms with Crippen LogP contribution in [0.25, 0.3) is 0 Å². The minimum absolute atomic E-state index is 0.665. The maximum atomic E-state index is 5.78. The molecule has 0 spiro atoms. The fraction of sp³-hybridized carbons (Fsp3) is 0.500. The Kier molecular flexibility index (Phi) is 7.64. The van der Waals surface area contributed by atoms with E-state index in [1.54, 1.807) is 30.2 Å². The number of rotatable bonds is 10. The van der Waals surface area contributed by atoms with Gasteiger partial charge >= 0.3 is 0 Å². The van der Waals surface area contributed by atoms with Gasteiger partial charge in [-0.1, -0.05) is 29.2 Å². The number of aromatic nitrogens is 2. The molecule has 7 heteroatoms. The van der Waals surface area contributed by atoms with E-state index in [9.17, 15) is 0 Å². The summed E-state index contributed by atoms with van der Waals surface area (Å²) in [6, 6.07) is 6.21. The topological polar surface area (TPSA) is 56.3 Å². The van der Waals surface area contributed by atoms with Gasteiger partial charge in [-0.2, -0.15) is 0 Å². The molecule has 0 aliphatic heterocycles. The Morgan fingerprint density at radius 3 is 2.83 bits per heavy atom. The molecule has 1 heterocycles. The highest BCUT2D eigenvalue weighted by molar-refractivity contribution is 8.01. The molecule has 126 valence electrons. The molecule has 0 saturated heterocycles. The molecule has 0 saturated carbocycles. The maximum Gasteiger partial charge on any atom is 0.206 e. The van der Waals surface area contributed by atoms with Crippen LogP contribution in [-0.4, -0.2) is 42.8 Å². The van der Waals surface area contributed by atoms with E-state index in [1.165, 1.54) is 11.1 Å². The lowest BCUT2D eigenvalue weighted by Crippen LogP contribution is -2.06. The van der Waals surface area contributed by atoms with Crippen molar-refractivity contribution in [2.75, 3.05) is 37.9 Å². The monoisotopic (exact) mass is 353 g/mol. The van der Waals surface area contributed by atoms with Crippen LogP contribution < -0.4 is 10.1 Å². The van der Waals surface area contributed by atoms with E-state index in [0.29, 0.717) is 13.2 Å². The van der Waals surface area contributed by atoms with Gasteiger partial charge in [-0.25, -0.2) is 0 Å². The molecule has 2 aromatic rings. The van der Waals surface area contributed by atoms with Gasteiger partial charge in [0, 0.05) is 19.4 Å². The van der Waals surface area contributed by atoms with Gasteiger partial charge in [-0.05, 0) is 43.5 Å². The number of nitrogens with one attached hydrogen (secondary N) is 1. The van der Waals surface area contributed by atoms with Crippen molar-refractivity contribution < 1.29 is 9.47 Å². The molecule has 2 rings (SSSR count). The largest absolute Gasteiger partial charge is 0.494 e. The van der Waals surface area contributed by atoms with Crippen LogP contribution in [0, 0.1) is 13.8 Å². The van der Waals surface area contributed by atoms with Crippen LogP contribution in [0.4, 0.5) is 5.13 Å². The second kappa shape index (κ2) is 9.75. The van der Waals surface area contributed by atoms with Gasteiger partial charge in [-0.15, -0.1) is 10.2 Å². The van der Waals surface area contributed by atoms with Crippen LogP contribution in [-0.2, 0) is 4.74 Å². The summed E-state index contributed by atoms with van der Waals surface area (Å²) < 4.78 is 11.7. The van der Waals surface area contributed by atoms with Crippen molar-refractivity contribution in [1.29, 1.82) is 0 Å². The summed E-state index contributed by atoms with van der Waals surface area (Å²) in [7, 11) is 1.68. The van der Waals surface area contributed by atoms with Gasteiger partial charge in [0.2, 0.25) is 5.13 Å². The molecule has 0 aliphatic rings. The Bertz CT molecular complexity index is 605. The fourth-order valence-corrected chi connectivity index (χ4v) is 3.57. The van der Waals surface area contributed by atoms with Crippen LogP contribution in [0.5, 0.6) is 5.75 Å². The van der Waals surface area contributed by atoms with Crippen molar-refractivity contribution in [2.45, 2.75) is 24.6 Å². The predicted octanol–water partition coefficient (Wildman–Crippen LogP) is 3.77. The van der Waals surface area contributed by atoms with Gasteiger partial charge in [0.05, 0.1) is 13.2 Å². The van der Waals surface area contributed by atoms with Crippen LogP contribution in [0.3, 0.4) is 0 Å². The lowest BCUT2D eigenvalue weighted by molar-refractivity contribution is 0.211. The molecule has 5 nitrogen and oxygen atoms in total. The third-order valence-corrected chi connectivity index (χ3v) is 5.35. The normalized spacial score (nSPS) is 10.7. The average molecular weight is 354 g/mol. The number of hydrogen-bond donors (Lipinski definition) is 1. The molecular formula is C16H23N3O2S2. The molecule has 0 atom stereocenters. The lowest BCUT2D eigenvalue weighted by atomic mass is 10.1. The first-order valence-electron chi connectivity index (χ1n) is 7.58. The van der Waals surface area contributed by atoms with Gasteiger partial charge in [-0.3, -0.25) is 0 Å². The zero-order chi connectivity index (χ0) is 16.5. The van der Waals surface area contributed by atoms with E-state index >= 15 is 0 Å². The summed E-state index contributed by atoms with van der Waals surface area (Å²) in [5, 5.41) is 12.3. The number of thioether (sulfide) groups is 1. The van der Waals surface area contributed by atoms with Crippen molar-refractivity contribution >= 4 is 28.2 Å². The first kappa shape index (κ1) is 18.0. The Morgan fingerprint density at radius 2 is 2.04 bits per heavy atom. The summed E-state index contributed by atoms with van der Waals surface area (Å²) in [5.74, 6) is 1.91. The zero-order valence-corrected chi connectivity index (χ0v) is 15.4. The number of anilines is 1. The average Bonchev–Trinajstić information content (AvgIpc) is 2.98. The standard InChI is InChI=1S/C16H23N3O2S2/c1-12-5-6-14(11-13(12)2)21-8-4-10-22-16-19-18-15(23-16)17-7-9-20-3/h5-6,11H,4,7-10H2,1-3H3,(H,17,18). The van der Waals surface area contributed by atoms with Crippen LogP contribution >= 0.6 is 23.1 Å². The van der Waals surface area contributed by atoms with Gasteiger partial charge in [0.25, 0.3) is 0 Å². The number of aryl methyl sites for hydroxylation is 2. The van der Waals surface area contributed by atoms with Gasteiger partial charge < -0.3 is 14.8 Å². The summed E-state index contributed by atoms with van der Waals surface area (Å²) in [4.78, 5) is 0. The smallest absolute Gasteiger partial charge is 0.206 e. The van der Waals surface area contributed by atoms with E-state index in [4.69, 9.17) is 9.47 Å². The quantitative estimate of drug-likeness (QED) is 0.518. The summed E-state index contributed by atoms with van der Waals surface area (Å²) in [6.45, 7) is 6.34. The highest BCUT2D eigenvalue weighted by Gasteiger charge is 2.04. The molecule has 1 aromatic heterocycles. The van der Waals surface area contributed by atoms with Crippen molar-refractivity contribution in [3.05, 3.63) is 29.3 Å². The highest BCUT2D eigenvalue weighted by atomic mass is 32.2. The summed E-state index contributed by atoms with van der Waals surface area (Å²) in [5.41, 5.74) is 2.55. The van der Waals surface area contributed by atoms with Crippen molar-refractivity contribution in [1.82, 2.24) is 10.2 Å². The van der Waals surface area contributed by atoms with E-state index in [0.717, 1.165) is 33.9 Å². The van der Waals surface area contributed by atoms with Crippen LogP contribution in [0.2, 0.25) is 0 Å². The van der Waals surface area contributed by atoms with Gasteiger partial charge in [0.15, 0.2) is 4.34 Å². The molecule has 1 aromatic carbocycles. The second-order valence-electron chi connectivity index (χ2n) is 5.09. The maximum absolute atomic E-state index is 5.78. The zero-order valence-electron chi connectivity index (χ0n) is 13.8. The van der Waals surface area contributed by atoms with E-state index < -0.39 is 0 Å². The number of hydrogen-bond acceptors (Lipinski definition) is 7. The Labute approximate surface area is 145 Å². The Morgan fingerprint density at radius 1 is 1.17 bits per heavy atom. The first-order chi connectivity index (χ1) is 11.2. The lowest BCUT2D eigenvalue weighted by Gasteiger charge is -2.07. The molecule has 0 fully saturated rings. The number of nitrogens with zero attached hydrogens (tertiary/aromatic N) is 2. The fourth-order valence-electron chi connectivity index (χ4n) is 1.81. The molecule has 0 aliphatic carbocycles. The minimum Gasteiger partial charge on any atom is -0.494 e. The van der Waals surface area contributed by atoms with Crippen LogP contribution in [0.1, 0.15) is 17.5 Å². The number of ether oxygens (including phenoxy) is 2. The summed E-state index contributed by atoms with van der Waals surface area (Å²) >= 11 is 3.29. The van der Waals surface area contributed by atoms with Crippen molar-refractivity contribution in [2.24, 2.45) is 0 Å². The van der Waals surface area contributed by atoms with Crippen molar-refractivity contribution in [3.63, 3.8) is 0 Å². The number of benzene rings is 1. The SMILES string of the molecule is COCCNc1nnc(SCCCOc2ccc(C)c(C)c2)s1. The third-order valence-electron chi connectivity index (χ3n) is 3.25. The molecular weight excluding hydrogens is 330 g/mol. The minimum atomic E-state index is 0.665. The predicted molar refractivity (Wildman–Crippen MR) is 97.0 cm³/mol. The van der Waals surface area contributed by atoms with E-state index in [1.807, 2.05) is 6.07 Å². The molecule has 0 bridgehead atoms. The van der Waals surface area contributed by atoms with E-state index in [-0.39, 0.29) is 0 Å². The number of methoxy groups -OCH3 is 1. The second-order valence-corrected chi connectivity index (χ2v) is 7.41. The third kappa shape index (κ3) is 6.37. The Hall–Kier alpha value is -1.31. The molecule has 0 amide bonds. The van der Waals surface area contributed by atoms with Crippen LogP contribution in [0.15, 0.2) is 22.5 Å². The first-order valence-corrected chi connectivity index (χ1v) is 9.38. The van der Waals surface area contributed by atoms with Gasteiger partial charge in [0.1, 0.15) is 5.75 Å². The molecule has 0 unspecified atom stereocenters. The molecule has 0 radical (unpaired) electrons. The summed E-state index contributed by atoms with van der Waals surface area (Å²) in [6.07, 6.45) is 0.976. The highest BCUT2D eigenvalue weighted by Crippen LogP contribution is 2.26. The molecule has 1 N–H and O–H groups in total. The van der Waals surface area contributed by atoms with E-state index in [2.05, 4.69) is 41.5 Å². The molecule has 23 heavy (non-hydrogen) atoms. The Balaban J connectivity index is 1.62. The van der Waals surface area contributed by atoms with Crippen molar-refractivity contribution in [3.8, 4) is 5.75 Å².